The fourth-order valence-corrected chi connectivity index (χ4v) is 3.65. The van der Waals surface area contributed by atoms with E-state index in [0.29, 0.717) is 45.3 Å². The van der Waals surface area contributed by atoms with Crippen LogP contribution in [0.2, 0.25) is 0 Å². The van der Waals surface area contributed by atoms with Crippen molar-refractivity contribution in [2.45, 2.75) is 115 Å². The number of carboxylic acid groups (broad SMARTS) is 1. The van der Waals surface area contributed by atoms with E-state index < -0.39 is 18.1 Å². The molecule has 0 heterocycles. The summed E-state index contributed by atoms with van der Waals surface area (Å²) in [7, 11) is 0. The summed E-state index contributed by atoms with van der Waals surface area (Å²) in [5, 5.41) is 14.7. The molecule has 0 aliphatic carbocycles. The summed E-state index contributed by atoms with van der Waals surface area (Å²) in [4.78, 5) is 35.0. The summed E-state index contributed by atoms with van der Waals surface area (Å²) in [5.41, 5.74) is 16.7. The molecule has 2 unspecified atom stereocenters. The summed E-state index contributed by atoms with van der Waals surface area (Å²) in [6.07, 6.45) is 14.3. The van der Waals surface area contributed by atoms with Gasteiger partial charge in [-0.15, -0.1) is 0 Å². The Labute approximate surface area is 200 Å². The van der Waals surface area contributed by atoms with E-state index in [2.05, 4.69) is 10.6 Å². The van der Waals surface area contributed by atoms with Gasteiger partial charge in [0.2, 0.25) is 11.8 Å². The van der Waals surface area contributed by atoms with Crippen LogP contribution in [0.3, 0.4) is 0 Å². The molecule has 9 heteroatoms. The predicted molar refractivity (Wildman–Crippen MR) is 133 cm³/mol. The monoisotopic (exact) mass is 471 g/mol. The Bertz CT molecular complexity index is 519. The number of aliphatic carboxylic acids is 1. The number of nitrogens with one attached hydrogen (secondary N) is 2. The number of rotatable bonds is 23. The third kappa shape index (κ3) is 19.5. The van der Waals surface area contributed by atoms with Crippen LogP contribution < -0.4 is 27.8 Å². The molecule has 0 fully saturated rings. The summed E-state index contributed by atoms with van der Waals surface area (Å²) < 4.78 is 0. The quantitative estimate of drug-likeness (QED) is 0.124. The number of unbranched alkanes of at least 4 members (excludes halogenated alkanes) is 10. The second-order valence-corrected chi connectivity index (χ2v) is 8.86. The van der Waals surface area contributed by atoms with Crippen LogP contribution in [0.25, 0.3) is 0 Å². The van der Waals surface area contributed by atoms with Crippen molar-refractivity contribution in [3.8, 4) is 0 Å². The molecule has 0 saturated heterocycles. The third-order valence-corrected chi connectivity index (χ3v) is 5.77. The summed E-state index contributed by atoms with van der Waals surface area (Å²) in [6, 6.07) is -1.24. The van der Waals surface area contributed by atoms with Crippen molar-refractivity contribution < 1.29 is 19.5 Å². The van der Waals surface area contributed by atoms with Crippen molar-refractivity contribution in [3.63, 3.8) is 0 Å². The average Bonchev–Trinajstić information content (AvgIpc) is 2.79. The van der Waals surface area contributed by atoms with Crippen LogP contribution in [-0.4, -0.2) is 54.6 Å². The van der Waals surface area contributed by atoms with Gasteiger partial charge in [0.15, 0.2) is 0 Å². The van der Waals surface area contributed by atoms with Crippen LogP contribution in [0.4, 0.5) is 0 Å². The lowest BCUT2D eigenvalue weighted by atomic mass is 10.1. The maximum atomic E-state index is 12.0. The number of hydrogen-bond donors (Lipinski definition) is 6. The van der Waals surface area contributed by atoms with E-state index >= 15 is 0 Å². The molecule has 0 saturated carbocycles. The molecule has 0 rings (SSSR count). The van der Waals surface area contributed by atoms with E-state index in [1.165, 1.54) is 12.8 Å². The highest BCUT2D eigenvalue weighted by Gasteiger charge is 2.18. The van der Waals surface area contributed by atoms with E-state index in [0.717, 1.165) is 64.2 Å². The fraction of sp³-hybridized carbons (Fsp3) is 0.875. The Hall–Kier alpha value is -1.71. The smallest absolute Gasteiger partial charge is 0.326 e. The van der Waals surface area contributed by atoms with E-state index in [9.17, 15) is 19.5 Å². The van der Waals surface area contributed by atoms with Gasteiger partial charge in [0.05, 0.1) is 6.04 Å². The van der Waals surface area contributed by atoms with Gasteiger partial charge in [-0.1, -0.05) is 51.4 Å². The number of carboxylic acids is 1. The lowest BCUT2D eigenvalue weighted by Gasteiger charge is -2.14. The van der Waals surface area contributed by atoms with Gasteiger partial charge in [0, 0.05) is 13.0 Å². The minimum Gasteiger partial charge on any atom is -0.480 e. The highest BCUT2D eigenvalue weighted by atomic mass is 16.4. The molecule has 0 aromatic rings. The summed E-state index contributed by atoms with van der Waals surface area (Å²) in [6.45, 7) is 1.85. The number of carbonyl (C=O) groups is 3. The third-order valence-electron chi connectivity index (χ3n) is 5.77. The number of hydrogen-bond acceptors (Lipinski definition) is 6. The molecule has 2 amide bonds. The standard InChI is InChI=1S/C24H49N5O4/c25-17-11-9-14-20(27)23(31)28-19-13-7-5-3-1-2-4-6-8-16-22(30)29-21(24(32)33)15-10-12-18-26/h20-21H,1-19,25-27H2,(H,28,31)(H,29,30)(H,32,33). The van der Waals surface area contributed by atoms with Gasteiger partial charge in [-0.3, -0.25) is 9.59 Å². The molecule has 0 aromatic heterocycles. The van der Waals surface area contributed by atoms with E-state index in [4.69, 9.17) is 17.2 Å². The molecular weight excluding hydrogens is 422 g/mol. The zero-order valence-electron chi connectivity index (χ0n) is 20.5. The SMILES string of the molecule is NCCCCC(N)C(=O)NCCCCCCCCCCCC(=O)NC(CCCCN)C(=O)O. The highest BCUT2D eigenvalue weighted by molar-refractivity contribution is 5.83. The Morgan fingerprint density at radius 1 is 0.697 bits per heavy atom. The molecule has 9 N–H and O–H groups in total. The van der Waals surface area contributed by atoms with Crippen molar-refractivity contribution in [3.05, 3.63) is 0 Å². The Morgan fingerprint density at radius 2 is 1.21 bits per heavy atom. The molecule has 0 aliphatic rings. The van der Waals surface area contributed by atoms with Crippen LogP contribution >= 0.6 is 0 Å². The van der Waals surface area contributed by atoms with Crippen molar-refractivity contribution in [1.82, 2.24) is 10.6 Å². The maximum absolute atomic E-state index is 12.0. The first kappa shape index (κ1) is 31.3. The predicted octanol–water partition coefficient (Wildman–Crippen LogP) is 2.16. The minimum absolute atomic E-state index is 0.0641. The van der Waals surface area contributed by atoms with Crippen LogP contribution in [0.5, 0.6) is 0 Å². The first-order chi connectivity index (χ1) is 15.9. The first-order valence-corrected chi connectivity index (χ1v) is 12.9. The van der Waals surface area contributed by atoms with Gasteiger partial charge in [-0.25, -0.2) is 4.79 Å². The Morgan fingerprint density at radius 3 is 1.76 bits per heavy atom. The number of amides is 2. The fourth-order valence-electron chi connectivity index (χ4n) is 3.65. The molecule has 2 atom stereocenters. The second kappa shape index (κ2) is 22.1. The van der Waals surface area contributed by atoms with Gasteiger partial charge in [-0.05, 0) is 58.0 Å². The Balaban J connectivity index is 3.54. The lowest BCUT2D eigenvalue weighted by molar-refractivity contribution is -0.142. The Kier molecular flexibility index (Phi) is 21.0. The molecule has 194 valence electrons. The molecule has 0 aromatic carbocycles. The van der Waals surface area contributed by atoms with Gasteiger partial charge in [0.1, 0.15) is 6.04 Å². The number of nitrogens with two attached hydrogens (primary N) is 3. The molecule has 0 radical (unpaired) electrons. The van der Waals surface area contributed by atoms with Gasteiger partial charge < -0.3 is 32.9 Å². The second-order valence-electron chi connectivity index (χ2n) is 8.86. The molecule has 9 nitrogen and oxygen atoms in total. The zero-order valence-corrected chi connectivity index (χ0v) is 20.5. The molecule has 0 aliphatic heterocycles. The van der Waals surface area contributed by atoms with Crippen LogP contribution in [0, 0.1) is 0 Å². The van der Waals surface area contributed by atoms with Crippen molar-refractivity contribution in [1.29, 1.82) is 0 Å². The first-order valence-electron chi connectivity index (χ1n) is 12.9. The van der Waals surface area contributed by atoms with Crippen molar-refractivity contribution >= 4 is 17.8 Å². The lowest BCUT2D eigenvalue weighted by Crippen LogP contribution is -2.40. The molecule has 0 spiro atoms. The van der Waals surface area contributed by atoms with E-state index in [1.54, 1.807) is 0 Å². The van der Waals surface area contributed by atoms with Crippen LogP contribution in [0.1, 0.15) is 103 Å². The van der Waals surface area contributed by atoms with Crippen molar-refractivity contribution in [2.75, 3.05) is 19.6 Å². The van der Waals surface area contributed by atoms with E-state index in [1.807, 2.05) is 0 Å². The molecule has 33 heavy (non-hydrogen) atoms. The molecule has 0 bridgehead atoms. The zero-order chi connectivity index (χ0) is 24.7. The van der Waals surface area contributed by atoms with Gasteiger partial charge in [0.25, 0.3) is 0 Å². The highest BCUT2D eigenvalue weighted by Crippen LogP contribution is 2.11. The van der Waals surface area contributed by atoms with Crippen LogP contribution in [0.15, 0.2) is 0 Å². The van der Waals surface area contributed by atoms with Crippen LogP contribution in [-0.2, 0) is 14.4 Å². The van der Waals surface area contributed by atoms with Crippen molar-refractivity contribution in [2.24, 2.45) is 17.2 Å². The average molecular weight is 472 g/mol. The molecular formula is C24H49N5O4. The van der Waals surface area contributed by atoms with Gasteiger partial charge >= 0.3 is 5.97 Å². The van der Waals surface area contributed by atoms with E-state index in [-0.39, 0.29) is 11.8 Å². The topological polar surface area (TPSA) is 174 Å². The summed E-state index contributed by atoms with van der Waals surface area (Å²) in [5.74, 6) is -1.23. The number of carbonyl (C=O) groups excluding carboxylic acids is 2. The normalized spacial score (nSPS) is 12.8. The maximum Gasteiger partial charge on any atom is 0.326 e. The van der Waals surface area contributed by atoms with Gasteiger partial charge in [-0.2, -0.15) is 0 Å². The minimum atomic E-state index is -0.982. The largest absolute Gasteiger partial charge is 0.480 e. The summed E-state index contributed by atoms with van der Waals surface area (Å²) >= 11 is 0.